The van der Waals surface area contributed by atoms with Gasteiger partial charge in [0.05, 0.1) is 12.9 Å². The van der Waals surface area contributed by atoms with Gasteiger partial charge in [-0.25, -0.2) is 13.1 Å². The van der Waals surface area contributed by atoms with Crippen molar-refractivity contribution in [2.75, 3.05) is 19.4 Å². The van der Waals surface area contributed by atoms with Crippen LogP contribution in [-0.2, 0) is 16.6 Å². The molecule has 1 rings (SSSR count). The Kier molecular flexibility index (Phi) is 5.40. The van der Waals surface area contributed by atoms with Crippen LogP contribution in [0.5, 0.6) is 5.75 Å². The molecule has 0 unspecified atom stereocenters. The number of ether oxygens (including phenoxy) is 1. The minimum absolute atomic E-state index is 0.377. The minimum Gasteiger partial charge on any atom is -0.494 e. The summed E-state index contributed by atoms with van der Waals surface area (Å²) in [6, 6.07) is 8.36. The first-order valence-corrected chi connectivity index (χ1v) is 7.18. The second-order valence-electron chi connectivity index (χ2n) is 3.62. The first-order chi connectivity index (χ1) is 8.01. The molecule has 0 aliphatic rings. The second kappa shape index (κ2) is 6.58. The summed E-state index contributed by atoms with van der Waals surface area (Å²) in [6.07, 6.45) is 1.75. The van der Waals surface area contributed by atoms with E-state index in [-0.39, 0.29) is 0 Å². The molecule has 0 saturated heterocycles. The monoisotopic (exact) mass is 257 g/mol. The Bertz CT molecular complexity index is 446. The standard InChI is InChI=1S/C11H17N2O3S/c1-17(14,15)13-6-3-7-16-11-5-2-4-10(8-11)9-12/h2,5,8,13H,3,6-7,9,12H2,1H3. The van der Waals surface area contributed by atoms with Crippen LogP contribution >= 0.6 is 0 Å². The van der Waals surface area contributed by atoms with Crippen molar-refractivity contribution in [3.8, 4) is 5.75 Å². The average Bonchev–Trinajstić information content (AvgIpc) is 2.27. The highest BCUT2D eigenvalue weighted by Crippen LogP contribution is 2.12. The van der Waals surface area contributed by atoms with Gasteiger partial charge >= 0.3 is 0 Å². The number of nitrogens with two attached hydrogens (primary N) is 1. The van der Waals surface area contributed by atoms with Crippen molar-refractivity contribution in [3.63, 3.8) is 0 Å². The van der Waals surface area contributed by atoms with Crippen LogP contribution in [-0.4, -0.2) is 27.8 Å². The summed E-state index contributed by atoms with van der Waals surface area (Å²) in [7, 11) is -3.11. The highest BCUT2D eigenvalue weighted by Gasteiger charge is 1.99. The lowest BCUT2D eigenvalue weighted by Gasteiger charge is -2.07. The highest BCUT2D eigenvalue weighted by molar-refractivity contribution is 7.88. The zero-order valence-electron chi connectivity index (χ0n) is 9.77. The molecule has 0 amide bonds. The third-order valence-corrected chi connectivity index (χ3v) is 2.74. The van der Waals surface area contributed by atoms with Gasteiger partial charge in [0.15, 0.2) is 0 Å². The molecule has 1 aromatic rings. The molecule has 1 radical (unpaired) electrons. The molecule has 1 aromatic carbocycles. The summed E-state index contributed by atoms with van der Waals surface area (Å²) < 4.78 is 29.4. The van der Waals surface area contributed by atoms with Gasteiger partial charge in [0.1, 0.15) is 5.75 Å². The van der Waals surface area contributed by atoms with Crippen LogP contribution in [0.4, 0.5) is 0 Å². The van der Waals surface area contributed by atoms with Gasteiger partial charge in [0.25, 0.3) is 0 Å². The number of hydrogen-bond acceptors (Lipinski definition) is 4. The molecule has 3 N–H and O–H groups in total. The van der Waals surface area contributed by atoms with Crippen LogP contribution in [0.2, 0.25) is 0 Å². The Balaban J connectivity index is 2.26. The summed E-state index contributed by atoms with van der Waals surface area (Å²) in [4.78, 5) is 0. The Labute approximate surface area is 102 Å². The molecule has 0 saturated carbocycles. The molecular weight excluding hydrogens is 240 g/mol. The van der Waals surface area contributed by atoms with E-state index in [0.29, 0.717) is 26.1 Å². The number of nitrogens with one attached hydrogen (secondary N) is 1. The lowest BCUT2D eigenvalue weighted by Crippen LogP contribution is -2.24. The SMILES string of the molecule is CS(=O)(=O)NCCCOc1cc[c]c(CN)c1. The van der Waals surface area contributed by atoms with Gasteiger partial charge < -0.3 is 10.5 Å². The molecule has 0 bridgehead atoms. The van der Waals surface area contributed by atoms with Gasteiger partial charge in [-0.15, -0.1) is 0 Å². The van der Waals surface area contributed by atoms with Crippen molar-refractivity contribution < 1.29 is 13.2 Å². The molecule has 0 spiro atoms. The Morgan fingerprint density at radius 2 is 2.29 bits per heavy atom. The molecule has 0 aromatic heterocycles. The molecule has 6 heteroatoms. The fourth-order valence-corrected chi connectivity index (χ4v) is 1.73. The topological polar surface area (TPSA) is 81.4 Å². The number of sulfonamides is 1. The zero-order valence-corrected chi connectivity index (χ0v) is 10.6. The summed E-state index contributed by atoms with van der Waals surface area (Å²) in [6.45, 7) is 1.25. The van der Waals surface area contributed by atoms with Crippen LogP contribution in [0.15, 0.2) is 18.2 Å². The summed E-state index contributed by atoms with van der Waals surface area (Å²) >= 11 is 0. The minimum atomic E-state index is -3.11. The first kappa shape index (κ1) is 14.0. The summed E-state index contributed by atoms with van der Waals surface area (Å²) in [5.41, 5.74) is 6.37. The van der Waals surface area contributed by atoms with Gasteiger partial charge in [0.2, 0.25) is 10.0 Å². The van der Waals surface area contributed by atoms with E-state index < -0.39 is 10.0 Å². The molecule has 0 aliphatic carbocycles. The Hall–Kier alpha value is -1.11. The van der Waals surface area contributed by atoms with Gasteiger partial charge in [-0.2, -0.15) is 0 Å². The smallest absolute Gasteiger partial charge is 0.208 e. The van der Waals surface area contributed by atoms with Gasteiger partial charge in [-0.05, 0) is 30.2 Å². The first-order valence-electron chi connectivity index (χ1n) is 5.29. The van der Waals surface area contributed by atoms with Gasteiger partial charge in [-0.3, -0.25) is 0 Å². The molecule has 0 heterocycles. The van der Waals surface area contributed by atoms with Crippen molar-refractivity contribution in [2.45, 2.75) is 13.0 Å². The highest BCUT2D eigenvalue weighted by atomic mass is 32.2. The Morgan fingerprint density at radius 3 is 2.94 bits per heavy atom. The molecule has 0 fully saturated rings. The number of benzene rings is 1. The summed E-state index contributed by atoms with van der Waals surface area (Å²) in [5, 5.41) is 0. The van der Waals surface area contributed by atoms with Crippen molar-refractivity contribution in [1.29, 1.82) is 0 Å². The molecule has 5 nitrogen and oxygen atoms in total. The normalized spacial score (nSPS) is 11.4. The maximum Gasteiger partial charge on any atom is 0.208 e. The van der Waals surface area contributed by atoms with Crippen LogP contribution in [0, 0.1) is 6.07 Å². The molecular formula is C11H17N2O3S. The maximum atomic E-state index is 10.8. The molecule has 0 aliphatic heterocycles. The maximum absolute atomic E-state index is 10.8. The third kappa shape index (κ3) is 6.25. The predicted molar refractivity (Wildman–Crippen MR) is 66.1 cm³/mol. The van der Waals surface area contributed by atoms with Crippen LogP contribution in [0.3, 0.4) is 0 Å². The van der Waals surface area contributed by atoms with Crippen molar-refractivity contribution in [3.05, 3.63) is 29.8 Å². The van der Waals surface area contributed by atoms with Gasteiger partial charge in [-0.1, -0.05) is 6.07 Å². The lowest BCUT2D eigenvalue weighted by atomic mass is 10.2. The van der Waals surface area contributed by atoms with Crippen LogP contribution in [0.25, 0.3) is 0 Å². The van der Waals surface area contributed by atoms with E-state index >= 15 is 0 Å². The number of rotatable bonds is 7. The van der Waals surface area contributed by atoms with Crippen LogP contribution in [0.1, 0.15) is 12.0 Å². The van der Waals surface area contributed by atoms with E-state index in [2.05, 4.69) is 10.8 Å². The average molecular weight is 257 g/mol. The molecule has 0 atom stereocenters. The third-order valence-electron chi connectivity index (χ3n) is 2.01. The summed E-state index contributed by atoms with van der Waals surface area (Å²) in [5.74, 6) is 0.726. The van der Waals surface area contributed by atoms with Crippen molar-refractivity contribution in [2.24, 2.45) is 5.73 Å². The van der Waals surface area contributed by atoms with E-state index in [4.69, 9.17) is 10.5 Å². The molecule has 95 valence electrons. The van der Waals surface area contributed by atoms with Crippen LogP contribution < -0.4 is 15.2 Å². The van der Waals surface area contributed by atoms with E-state index in [0.717, 1.165) is 17.6 Å². The predicted octanol–water partition coefficient (Wildman–Crippen LogP) is 0.264. The quantitative estimate of drug-likeness (QED) is 0.687. The molecule has 17 heavy (non-hydrogen) atoms. The van der Waals surface area contributed by atoms with E-state index in [1.54, 1.807) is 12.1 Å². The Morgan fingerprint density at radius 1 is 1.53 bits per heavy atom. The largest absolute Gasteiger partial charge is 0.494 e. The van der Waals surface area contributed by atoms with E-state index in [9.17, 15) is 8.42 Å². The fourth-order valence-electron chi connectivity index (χ4n) is 1.22. The van der Waals surface area contributed by atoms with E-state index in [1.165, 1.54) is 0 Å². The zero-order chi connectivity index (χ0) is 12.7. The lowest BCUT2D eigenvalue weighted by molar-refractivity contribution is 0.311. The second-order valence-corrected chi connectivity index (χ2v) is 5.46. The number of hydrogen-bond donors (Lipinski definition) is 2. The van der Waals surface area contributed by atoms with Crippen molar-refractivity contribution in [1.82, 2.24) is 4.72 Å². The fraction of sp³-hybridized carbons (Fsp3) is 0.455. The van der Waals surface area contributed by atoms with Gasteiger partial charge in [0, 0.05) is 13.1 Å². The van der Waals surface area contributed by atoms with Crippen molar-refractivity contribution >= 4 is 10.0 Å². The van der Waals surface area contributed by atoms with E-state index in [1.807, 2.05) is 6.07 Å².